The molecule has 0 aliphatic rings. The van der Waals surface area contributed by atoms with E-state index >= 15 is 0 Å². The Bertz CT molecular complexity index is 1170. The monoisotopic (exact) mass is 399 g/mol. The van der Waals surface area contributed by atoms with Crippen LogP contribution in [0.2, 0.25) is 0 Å². The van der Waals surface area contributed by atoms with Crippen LogP contribution in [0.1, 0.15) is 24.3 Å². The molecule has 0 radical (unpaired) electrons. The van der Waals surface area contributed by atoms with Crippen molar-refractivity contribution in [1.29, 1.82) is 5.26 Å². The van der Waals surface area contributed by atoms with Gasteiger partial charge in [-0.1, -0.05) is 24.3 Å². The van der Waals surface area contributed by atoms with Crippen LogP contribution in [-0.4, -0.2) is 11.1 Å². The van der Waals surface area contributed by atoms with E-state index in [0.29, 0.717) is 11.4 Å². The Labute approximate surface area is 174 Å². The molecule has 144 valence electrons. The third kappa shape index (κ3) is 4.23. The second-order valence-electron chi connectivity index (χ2n) is 7.00. The number of pyridine rings is 1. The van der Waals surface area contributed by atoms with Crippen molar-refractivity contribution in [3.63, 3.8) is 0 Å². The first-order valence-corrected chi connectivity index (χ1v) is 10.3. The number of fused-ring (bicyclic) bond motifs is 1. The normalized spacial score (nSPS) is 10.8. The molecule has 0 amide bonds. The predicted octanol–water partition coefficient (Wildman–Crippen LogP) is 6.23. The zero-order valence-electron chi connectivity index (χ0n) is 16.3. The summed E-state index contributed by atoms with van der Waals surface area (Å²) in [6.45, 7) is 4.74. The molecular formula is C24H21N3OS. The van der Waals surface area contributed by atoms with Gasteiger partial charge in [0.1, 0.15) is 16.7 Å². The van der Waals surface area contributed by atoms with E-state index in [2.05, 4.69) is 34.6 Å². The quantitative estimate of drug-likeness (QED) is 0.417. The molecule has 0 fully saturated rings. The number of aromatic nitrogens is 1. The van der Waals surface area contributed by atoms with Crippen molar-refractivity contribution in [2.75, 3.05) is 5.32 Å². The first-order chi connectivity index (χ1) is 14.1. The molecule has 2 aromatic carbocycles. The van der Waals surface area contributed by atoms with Gasteiger partial charge in [0.25, 0.3) is 0 Å². The lowest BCUT2D eigenvalue weighted by molar-refractivity contribution is 0.242. The molecule has 0 aliphatic heterocycles. The number of hydrogen-bond acceptors (Lipinski definition) is 5. The number of rotatable bonds is 6. The van der Waals surface area contributed by atoms with E-state index in [1.807, 2.05) is 62.5 Å². The summed E-state index contributed by atoms with van der Waals surface area (Å²) in [5, 5.41) is 13.7. The van der Waals surface area contributed by atoms with Gasteiger partial charge in [-0.2, -0.15) is 5.26 Å². The van der Waals surface area contributed by atoms with Gasteiger partial charge in [-0.25, -0.2) is 0 Å². The SMILES string of the molecule is CC(C)Oc1ccc(CNc2cccc3c(-c4ccc(C#N)s4)ccnc23)cc1. The summed E-state index contributed by atoms with van der Waals surface area (Å²) in [6.07, 6.45) is 2.00. The first-order valence-electron chi connectivity index (χ1n) is 9.51. The second-order valence-corrected chi connectivity index (χ2v) is 8.08. The van der Waals surface area contributed by atoms with Gasteiger partial charge in [-0.3, -0.25) is 4.98 Å². The predicted molar refractivity (Wildman–Crippen MR) is 119 cm³/mol. The fourth-order valence-corrected chi connectivity index (χ4v) is 4.07. The number of thiophene rings is 1. The smallest absolute Gasteiger partial charge is 0.119 e. The maximum Gasteiger partial charge on any atom is 0.119 e. The average Bonchev–Trinajstić information content (AvgIpc) is 3.21. The van der Waals surface area contributed by atoms with Crippen molar-refractivity contribution in [3.05, 3.63) is 77.3 Å². The standard InChI is InChI=1S/C24H21N3OS/c1-16(2)28-18-8-6-17(7-9-18)15-27-22-5-3-4-21-20(12-13-26-24(21)22)23-11-10-19(14-25)29-23/h3-13,16,27H,15H2,1-2H3. The van der Waals surface area contributed by atoms with Crippen molar-refractivity contribution in [2.24, 2.45) is 0 Å². The van der Waals surface area contributed by atoms with Crippen LogP contribution in [0, 0.1) is 11.3 Å². The van der Waals surface area contributed by atoms with Crippen LogP contribution in [0.15, 0.2) is 66.9 Å². The lowest BCUT2D eigenvalue weighted by Crippen LogP contribution is -2.05. The van der Waals surface area contributed by atoms with Crippen molar-refractivity contribution >= 4 is 27.9 Å². The van der Waals surface area contributed by atoms with Crippen molar-refractivity contribution < 1.29 is 4.74 Å². The number of nitriles is 1. The van der Waals surface area contributed by atoms with Gasteiger partial charge in [-0.15, -0.1) is 11.3 Å². The van der Waals surface area contributed by atoms with Crippen molar-refractivity contribution in [3.8, 4) is 22.3 Å². The lowest BCUT2D eigenvalue weighted by Gasteiger charge is -2.12. The fraction of sp³-hybridized carbons (Fsp3) is 0.167. The number of para-hydroxylation sites is 1. The van der Waals surface area contributed by atoms with Crippen LogP contribution >= 0.6 is 11.3 Å². The molecule has 4 aromatic rings. The van der Waals surface area contributed by atoms with Gasteiger partial charge < -0.3 is 10.1 Å². The van der Waals surface area contributed by atoms with Gasteiger partial charge in [0.15, 0.2) is 0 Å². The molecule has 0 saturated heterocycles. The average molecular weight is 400 g/mol. The Morgan fingerprint density at radius 1 is 1.07 bits per heavy atom. The summed E-state index contributed by atoms with van der Waals surface area (Å²) in [5.74, 6) is 0.882. The Balaban J connectivity index is 1.58. The van der Waals surface area contributed by atoms with Crippen LogP contribution in [-0.2, 0) is 6.54 Å². The number of ether oxygens (including phenoxy) is 1. The fourth-order valence-electron chi connectivity index (χ4n) is 3.23. The van der Waals surface area contributed by atoms with Gasteiger partial charge in [0.2, 0.25) is 0 Å². The molecule has 0 atom stereocenters. The van der Waals surface area contributed by atoms with Crippen LogP contribution in [0.4, 0.5) is 5.69 Å². The summed E-state index contributed by atoms with van der Waals surface area (Å²) in [4.78, 5) is 6.40. The van der Waals surface area contributed by atoms with Crippen LogP contribution in [0.5, 0.6) is 5.75 Å². The summed E-state index contributed by atoms with van der Waals surface area (Å²) in [5.41, 5.74) is 4.19. The molecule has 4 nitrogen and oxygen atoms in total. The highest BCUT2D eigenvalue weighted by atomic mass is 32.1. The third-order valence-electron chi connectivity index (χ3n) is 4.53. The van der Waals surface area contributed by atoms with Gasteiger partial charge >= 0.3 is 0 Å². The number of nitrogens with one attached hydrogen (secondary N) is 1. The molecule has 0 bridgehead atoms. The molecular weight excluding hydrogens is 378 g/mol. The summed E-state index contributed by atoms with van der Waals surface area (Å²) >= 11 is 1.50. The van der Waals surface area contributed by atoms with Crippen LogP contribution < -0.4 is 10.1 Å². The number of benzene rings is 2. The molecule has 5 heteroatoms. The third-order valence-corrected chi connectivity index (χ3v) is 5.55. The Morgan fingerprint density at radius 3 is 2.62 bits per heavy atom. The molecule has 1 N–H and O–H groups in total. The first kappa shape index (κ1) is 19.0. The molecule has 2 heterocycles. The number of anilines is 1. The zero-order valence-corrected chi connectivity index (χ0v) is 17.2. The minimum atomic E-state index is 0.169. The van der Waals surface area contributed by atoms with E-state index < -0.39 is 0 Å². The van der Waals surface area contributed by atoms with Crippen LogP contribution in [0.25, 0.3) is 21.3 Å². The van der Waals surface area contributed by atoms with Gasteiger partial charge in [0.05, 0.1) is 17.3 Å². The van der Waals surface area contributed by atoms with E-state index in [-0.39, 0.29) is 6.10 Å². The van der Waals surface area contributed by atoms with Crippen molar-refractivity contribution in [2.45, 2.75) is 26.5 Å². The molecule has 0 saturated carbocycles. The highest BCUT2D eigenvalue weighted by Gasteiger charge is 2.10. The maximum absolute atomic E-state index is 9.12. The largest absolute Gasteiger partial charge is 0.491 e. The number of nitrogens with zero attached hydrogens (tertiary/aromatic N) is 2. The van der Waals surface area contributed by atoms with Crippen molar-refractivity contribution in [1.82, 2.24) is 4.98 Å². The lowest BCUT2D eigenvalue weighted by atomic mass is 10.1. The summed E-state index contributed by atoms with van der Waals surface area (Å²) < 4.78 is 5.71. The zero-order chi connectivity index (χ0) is 20.2. The molecule has 4 rings (SSSR count). The Kier molecular flexibility index (Phi) is 5.46. The summed E-state index contributed by atoms with van der Waals surface area (Å²) in [6, 6.07) is 22.4. The highest BCUT2D eigenvalue weighted by Crippen LogP contribution is 2.35. The molecule has 2 aromatic heterocycles. The van der Waals surface area contributed by atoms with Gasteiger partial charge in [0, 0.05) is 28.6 Å². The van der Waals surface area contributed by atoms with E-state index in [9.17, 15) is 0 Å². The van der Waals surface area contributed by atoms with Gasteiger partial charge in [-0.05, 0) is 55.8 Å². The minimum absolute atomic E-state index is 0.169. The second kappa shape index (κ2) is 8.34. The van der Waals surface area contributed by atoms with E-state index in [1.54, 1.807) is 0 Å². The minimum Gasteiger partial charge on any atom is -0.491 e. The molecule has 29 heavy (non-hydrogen) atoms. The van der Waals surface area contributed by atoms with Crippen LogP contribution in [0.3, 0.4) is 0 Å². The molecule has 0 aliphatic carbocycles. The topological polar surface area (TPSA) is 57.9 Å². The highest BCUT2D eigenvalue weighted by molar-refractivity contribution is 7.16. The van der Waals surface area contributed by atoms with E-state index in [4.69, 9.17) is 10.00 Å². The van der Waals surface area contributed by atoms with E-state index in [1.165, 1.54) is 16.9 Å². The Morgan fingerprint density at radius 2 is 1.90 bits per heavy atom. The Hall–Kier alpha value is -3.36. The maximum atomic E-state index is 9.12. The molecule has 0 unspecified atom stereocenters. The summed E-state index contributed by atoms with van der Waals surface area (Å²) in [7, 11) is 0. The van der Waals surface area contributed by atoms with E-state index in [0.717, 1.165) is 32.8 Å². The number of hydrogen-bond donors (Lipinski definition) is 1. The molecule has 0 spiro atoms.